The Labute approximate surface area is 421 Å². The van der Waals surface area contributed by atoms with Crippen LogP contribution in [-0.2, 0) is 56.2 Å². The molecule has 4 aliphatic rings. The molecule has 19 heteroatoms. The number of fused-ring (bicyclic) bond motifs is 10. The van der Waals surface area contributed by atoms with Crippen molar-refractivity contribution in [2.75, 3.05) is 0 Å². The Kier molecular flexibility index (Phi) is 9.25. The zero-order valence-electron chi connectivity index (χ0n) is 35.5. The Hall–Kier alpha value is -7.73. The molecule has 0 amide bonds. The molecule has 69 heavy (non-hydrogen) atoms. The molecule has 0 saturated heterocycles. The monoisotopic (exact) mass is 1250 g/mol. The van der Waals surface area contributed by atoms with E-state index in [1.54, 1.807) is 55.4 Å². The Bertz CT molecular complexity index is 3710. The summed E-state index contributed by atoms with van der Waals surface area (Å²) in [4.78, 5) is 27.7. The van der Waals surface area contributed by atoms with E-state index < -0.39 is 6.71 Å². The predicted molar refractivity (Wildman–Crippen MR) is 238 cm³/mol. The number of hydrogen-bond donors (Lipinski definition) is 0. The first kappa shape index (κ1) is 41.5. The van der Waals surface area contributed by atoms with E-state index >= 15 is 0 Å². The fraction of sp³-hybridized carbons (Fsp3) is 0.0400. The van der Waals surface area contributed by atoms with Gasteiger partial charge in [-0.15, -0.1) is 57.9 Å². The molecule has 4 aromatic carbocycles. The molecule has 326 valence electrons. The molecule has 15 nitrogen and oxygen atoms in total. The van der Waals surface area contributed by atoms with Crippen LogP contribution in [0.4, 0.5) is 0 Å². The van der Waals surface area contributed by atoms with E-state index in [0.29, 0.717) is 114 Å². The standard InChI is InChI=1S/C50H22B2N10O5.2Pt/c1-59-25-61(47-45(59)53-13-15-55-47)30-20-34-49(57-22-30)66-40-7-3-5-38-43(40)51(34)32-17-27(9-11-36(32)64-38)29-19-42(63-24-29)28-10-12-37-33(18-28)52-35-21-31(62-26-60(2)46-48(62)56-16-14-54-46)23-58-50(35)67-41-8-4-6-39(65-37)44(41)52;;/h3-16,22-23H,1-2H3;;/q-6;2*+4. The van der Waals surface area contributed by atoms with Crippen LogP contribution in [0.15, 0.2) is 102 Å². The number of pyridine rings is 2. The second-order valence-corrected chi connectivity index (χ2v) is 16.3. The van der Waals surface area contributed by atoms with Crippen LogP contribution < -0.4 is 60.9 Å². The maximum Gasteiger partial charge on any atom is 4.00 e. The molecular weight excluding hydrogens is 1230 g/mol. The number of ether oxygens (including phenoxy) is 4. The summed E-state index contributed by atoms with van der Waals surface area (Å²) < 4.78 is 39.1. The summed E-state index contributed by atoms with van der Waals surface area (Å²) in [6.45, 7) is -0.785. The number of benzene rings is 4. The van der Waals surface area contributed by atoms with Gasteiger partial charge in [0.05, 0.1) is 24.2 Å². The largest absolute Gasteiger partial charge is 4.00 e. The maximum absolute atomic E-state index is 6.50. The van der Waals surface area contributed by atoms with Crippen molar-refractivity contribution in [2.45, 2.75) is 0 Å². The van der Waals surface area contributed by atoms with Crippen LogP contribution in [0, 0.1) is 49.2 Å². The number of imidazole rings is 2. The minimum Gasteiger partial charge on any atom is -0.631 e. The summed E-state index contributed by atoms with van der Waals surface area (Å²) in [5.74, 6) is 5.20. The van der Waals surface area contributed by atoms with Crippen LogP contribution in [0.5, 0.6) is 46.3 Å². The Morgan fingerprint density at radius 2 is 0.971 bits per heavy atom. The summed E-state index contributed by atoms with van der Waals surface area (Å²) >= 11 is 0. The smallest absolute Gasteiger partial charge is 0.631 e. The van der Waals surface area contributed by atoms with Gasteiger partial charge in [-0.3, -0.25) is 9.97 Å². The Morgan fingerprint density at radius 1 is 0.493 bits per heavy atom. The molecule has 15 rings (SSSR count). The van der Waals surface area contributed by atoms with Crippen LogP contribution in [0.1, 0.15) is 0 Å². The average molecular weight is 1250 g/mol. The molecule has 0 unspecified atom stereocenters. The van der Waals surface area contributed by atoms with Crippen molar-refractivity contribution in [1.82, 2.24) is 39.0 Å². The van der Waals surface area contributed by atoms with E-state index in [-0.39, 0.29) is 48.8 Å². The van der Waals surface area contributed by atoms with Crippen LogP contribution in [0.25, 0.3) is 56.4 Å². The van der Waals surface area contributed by atoms with Gasteiger partial charge in [0.25, 0.3) is 0 Å². The van der Waals surface area contributed by atoms with E-state index in [2.05, 4.69) is 69.2 Å². The minimum absolute atomic E-state index is 0. The number of aryl methyl sites for hydroxylation is 2. The summed E-state index contributed by atoms with van der Waals surface area (Å²) in [5, 5.41) is 0. The zero-order valence-corrected chi connectivity index (χ0v) is 40.1. The molecule has 4 aliphatic heterocycles. The van der Waals surface area contributed by atoms with Crippen LogP contribution in [-0.4, -0.2) is 52.5 Å². The van der Waals surface area contributed by atoms with Crippen molar-refractivity contribution < 1.29 is 74.6 Å². The van der Waals surface area contributed by atoms with Crippen molar-refractivity contribution >= 4 is 68.8 Å². The first-order valence-corrected chi connectivity index (χ1v) is 21.1. The SMILES string of the molecule is C[n+]1[c-]n(-c2[c-]c3c(nc2)Oc2cccc4c2B3c2[c-]c(-c3[c-]oc(-c5[c-]c6c(cc5)Oc5cccc7c5B6c5[c-]c(-n6[c-][n+](C)c8nccnc86)cnc5O7)[c-]3)ccc2O4)c2nccnc21.[Pt+4].[Pt+4]. The predicted octanol–water partition coefficient (Wildman–Crippen LogP) is 2.37. The average Bonchev–Trinajstić information content (AvgIpc) is 4.09. The normalized spacial score (nSPS) is 13.0. The van der Waals surface area contributed by atoms with Gasteiger partial charge in [0.2, 0.25) is 24.7 Å². The van der Waals surface area contributed by atoms with Crippen LogP contribution in [0.3, 0.4) is 0 Å². The van der Waals surface area contributed by atoms with Gasteiger partial charge in [-0.2, -0.15) is 22.1 Å². The van der Waals surface area contributed by atoms with Gasteiger partial charge in [0, 0.05) is 36.5 Å². The topological polar surface area (TPSA) is 145 Å². The van der Waals surface area contributed by atoms with Crippen molar-refractivity contribution in [3.05, 3.63) is 147 Å². The fourth-order valence-electron chi connectivity index (χ4n) is 9.54. The van der Waals surface area contributed by atoms with E-state index in [1.807, 2.05) is 74.8 Å². The van der Waals surface area contributed by atoms with Crippen molar-refractivity contribution in [1.29, 1.82) is 0 Å². The van der Waals surface area contributed by atoms with E-state index in [4.69, 9.17) is 33.3 Å². The first-order chi connectivity index (χ1) is 33.0. The van der Waals surface area contributed by atoms with Gasteiger partial charge in [-0.25, -0.2) is 12.1 Å². The molecule has 0 aliphatic carbocycles. The number of rotatable bonds is 4. The third-order valence-electron chi connectivity index (χ3n) is 12.5. The van der Waals surface area contributed by atoms with Crippen molar-refractivity contribution in [3.8, 4) is 80.1 Å². The number of nitrogens with zero attached hydrogens (tertiary/aromatic N) is 10. The van der Waals surface area contributed by atoms with Gasteiger partial charge in [-0.05, 0) is 24.3 Å². The van der Waals surface area contributed by atoms with Gasteiger partial charge >= 0.3 is 42.1 Å². The molecule has 0 fully saturated rings. The van der Waals surface area contributed by atoms with Gasteiger partial charge in [0.15, 0.2) is 12.7 Å². The van der Waals surface area contributed by atoms with E-state index in [0.717, 1.165) is 21.9 Å². The Morgan fingerprint density at radius 3 is 1.51 bits per heavy atom. The molecule has 0 spiro atoms. The molecule has 0 bridgehead atoms. The minimum atomic E-state index is -0.396. The summed E-state index contributed by atoms with van der Waals surface area (Å²) in [7, 11) is 3.74. The Balaban J connectivity index is 0.00000234. The quantitative estimate of drug-likeness (QED) is 0.146. The summed E-state index contributed by atoms with van der Waals surface area (Å²) in [6.07, 6.45) is 19.7. The third-order valence-corrected chi connectivity index (χ3v) is 12.5. The summed E-state index contributed by atoms with van der Waals surface area (Å²) in [5.41, 5.74) is 10.4. The van der Waals surface area contributed by atoms with E-state index in [9.17, 15) is 0 Å². The van der Waals surface area contributed by atoms with Crippen LogP contribution >= 0.6 is 0 Å². The molecule has 0 saturated carbocycles. The molecule has 0 radical (unpaired) electrons. The summed E-state index contributed by atoms with van der Waals surface area (Å²) in [6, 6.07) is 37.1. The fourth-order valence-corrected chi connectivity index (χ4v) is 9.54. The van der Waals surface area contributed by atoms with Gasteiger partial charge in [0.1, 0.15) is 46.7 Å². The van der Waals surface area contributed by atoms with Gasteiger partial charge in [-0.1, -0.05) is 41.7 Å². The molecule has 0 atom stereocenters. The van der Waals surface area contributed by atoms with Crippen LogP contribution in [0.2, 0.25) is 0 Å². The number of aromatic nitrogens is 10. The number of hydrogen-bond acceptors (Lipinski definition) is 11. The second-order valence-electron chi connectivity index (χ2n) is 16.3. The second kappa shape index (κ2) is 15.4. The molecule has 7 aromatic heterocycles. The molecular formula is C50H22B2N10O5Pt2+2. The van der Waals surface area contributed by atoms with Gasteiger partial charge < -0.3 is 68.8 Å². The van der Waals surface area contributed by atoms with Crippen molar-refractivity contribution in [2.24, 2.45) is 14.1 Å². The van der Waals surface area contributed by atoms with E-state index in [1.165, 1.54) is 0 Å². The maximum atomic E-state index is 6.50. The number of furan rings is 1. The first-order valence-electron chi connectivity index (χ1n) is 21.1. The van der Waals surface area contributed by atoms with Crippen molar-refractivity contribution in [3.63, 3.8) is 0 Å². The molecule has 0 N–H and O–H groups in total. The molecule has 11 aromatic rings. The molecule has 11 heterocycles. The third kappa shape index (κ3) is 6.09. The zero-order chi connectivity index (χ0) is 44.1.